The smallest absolute Gasteiger partial charge is 0.317 e. The largest absolute Gasteiger partial charge is 0.403 e. The Kier molecular flexibility index (Phi) is 5.32. The quantitative estimate of drug-likeness (QED) is 0.700. The van der Waals surface area contributed by atoms with Crippen LogP contribution in [0.2, 0.25) is 0 Å². The van der Waals surface area contributed by atoms with Crippen molar-refractivity contribution in [1.82, 2.24) is 10.6 Å². The molecule has 2 atom stereocenters. The molecule has 0 fully saturated rings. The summed E-state index contributed by atoms with van der Waals surface area (Å²) >= 11 is 0. The average molecular weight is 198 g/mol. The number of alkyl halides is 3. The summed E-state index contributed by atoms with van der Waals surface area (Å²) in [5.74, 6) is 0. The summed E-state index contributed by atoms with van der Waals surface area (Å²) in [7, 11) is 1.66. The predicted octanol–water partition coefficient (Wildman–Crippen LogP) is 1.52. The summed E-state index contributed by atoms with van der Waals surface area (Å²) in [5, 5.41) is 5.21. The minimum atomic E-state index is -4.15. The van der Waals surface area contributed by atoms with Crippen molar-refractivity contribution >= 4 is 0 Å². The highest BCUT2D eigenvalue weighted by Crippen LogP contribution is 2.23. The van der Waals surface area contributed by atoms with E-state index < -0.39 is 12.2 Å². The second-order valence-electron chi connectivity index (χ2n) is 3.08. The van der Waals surface area contributed by atoms with Gasteiger partial charge in [-0.1, -0.05) is 6.92 Å². The van der Waals surface area contributed by atoms with Crippen LogP contribution in [-0.4, -0.2) is 31.9 Å². The van der Waals surface area contributed by atoms with Crippen LogP contribution in [-0.2, 0) is 0 Å². The number of rotatable bonds is 5. The Bertz CT molecular complexity index is 136. The van der Waals surface area contributed by atoms with Crippen LogP contribution in [0.15, 0.2) is 0 Å². The normalized spacial score (nSPS) is 17.1. The molecule has 2 nitrogen and oxygen atoms in total. The Labute approximate surface area is 76.9 Å². The van der Waals surface area contributed by atoms with Gasteiger partial charge in [0.1, 0.15) is 6.04 Å². The lowest BCUT2D eigenvalue weighted by Crippen LogP contribution is -2.45. The average Bonchev–Trinajstić information content (AvgIpc) is 2.01. The highest BCUT2D eigenvalue weighted by molar-refractivity contribution is 4.78. The fourth-order valence-electron chi connectivity index (χ4n) is 1.05. The van der Waals surface area contributed by atoms with Crippen LogP contribution in [0.4, 0.5) is 13.2 Å². The molecule has 0 saturated heterocycles. The third-order valence-corrected chi connectivity index (χ3v) is 1.93. The Morgan fingerprint density at radius 1 is 1.31 bits per heavy atom. The van der Waals surface area contributed by atoms with Gasteiger partial charge in [-0.3, -0.25) is 0 Å². The molecule has 5 heteroatoms. The van der Waals surface area contributed by atoms with Crippen LogP contribution < -0.4 is 10.6 Å². The minimum Gasteiger partial charge on any atom is -0.317 e. The van der Waals surface area contributed by atoms with Gasteiger partial charge in [0.25, 0.3) is 0 Å². The van der Waals surface area contributed by atoms with E-state index in [1.54, 1.807) is 20.9 Å². The van der Waals surface area contributed by atoms with Gasteiger partial charge >= 0.3 is 6.18 Å². The molecule has 0 bridgehead atoms. The SMILES string of the molecule is CCNC(CC(C)NC)C(F)(F)F. The number of hydrogen-bond acceptors (Lipinski definition) is 2. The van der Waals surface area contributed by atoms with E-state index in [2.05, 4.69) is 10.6 Å². The van der Waals surface area contributed by atoms with Crippen molar-refractivity contribution in [3.63, 3.8) is 0 Å². The van der Waals surface area contributed by atoms with Crippen LogP contribution in [0.5, 0.6) is 0 Å². The van der Waals surface area contributed by atoms with E-state index in [-0.39, 0.29) is 12.5 Å². The van der Waals surface area contributed by atoms with Gasteiger partial charge in [-0.2, -0.15) is 13.2 Å². The molecule has 0 radical (unpaired) electrons. The molecule has 0 rings (SSSR count). The van der Waals surface area contributed by atoms with Crippen LogP contribution in [0.25, 0.3) is 0 Å². The molecule has 2 N–H and O–H groups in total. The number of hydrogen-bond donors (Lipinski definition) is 2. The van der Waals surface area contributed by atoms with E-state index in [4.69, 9.17) is 0 Å². The lowest BCUT2D eigenvalue weighted by atomic mass is 10.1. The van der Waals surface area contributed by atoms with Gasteiger partial charge < -0.3 is 10.6 Å². The fourth-order valence-corrected chi connectivity index (χ4v) is 1.05. The molecular weight excluding hydrogens is 181 g/mol. The van der Waals surface area contributed by atoms with E-state index in [0.717, 1.165) is 0 Å². The molecule has 13 heavy (non-hydrogen) atoms. The summed E-state index contributed by atoms with van der Waals surface area (Å²) in [6.07, 6.45) is -4.09. The minimum absolute atomic E-state index is 0.0633. The maximum absolute atomic E-state index is 12.3. The second-order valence-corrected chi connectivity index (χ2v) is 3.08. The van der Waals surface area contributed by atoms with E-state index in [0.29, 0.717) is 6.54 Å². The van der Waals surface area contributed by atoms with Crippen LogP contribution >= 0.6 is 0 Å². The third kappa shape index (κ3) is 5.10. The first-order valence-electron chi connectivity index (χ1n) is 4.39. The molecule has 0 amide bonds. The van der Waals surface area contributed by atoms with Gasteiger partial charge in [0.05, 0.1) is 0 Å². The summed E-state index contributed by atoms with van der Waals surface area (Å²) in [5.41, 5.74) is 0. The maximum Gasteiger partial charge on any atom is 0.403 e. The molecule has 0 aromatic heterocycles. The maximum atomic E-state index is 12.3. The van der Waals surface area contributed by atoms with Crippen molar-refractivity contribution in [2.75, 3.05) is 13.6 Å². The van der Waals surface area contributed by atoms with Gasteiger partial charge in [0, 0.05) is 6.04 Å². The van der Waals surface area contributed by atoms with E-state index >= 15 is 0 Å². The topological polar surface area (TPSA) is 24.1 Å². The lowest BCUT2D eigenvalue weighted by molar-refractivity contribution is -0.158. The molecule has 0 aromatic carbocycles. The molecular formula is C8H17F3N2. The Morgan fingerprint density at radius 2 is 1.85 bits per heavy atom. The van der Waals surface area contributed by atoms with Gasteiger partial charge in [-0.05, 0) is 26.9 Å². The zero-order valence-electron chi connectivity index (χ0n) is 8.20. The highest BCUT2D eigenvalue weighted by Gasteiger charge is 2.39. The first kappa shape index (κ1) is 12.7. The van der Waals surface area contributed by atoms with Crippen molar-refractivity contribution in [3.05, 3.63) is 0 Å². The summed E-state index contributed by atoms with van der Waals surface area (Å²) < 4.78 is 36.9. The van der Waals surface area contributed by atoms with Gasteiger partial charge in [0.15, 0.2) is 0 Å². The lowest BCUT2D eigenvalue weighted by Gasteiger charge is -2.23. The summed E-state index contributed by atoms with van der Waals surface area (Å²) in [6.45, 7) is 3.74. The fraction of sp³-hybridized carbons (Fsp3) is 1.00. The van der Waals surface area contributed by atoms with E-state index in [9.17, 15) is 13.2 Å². The van der Waals surface area contributed by atoms with Crippen LogP contribution in [0.1, 0.15) is 20.3 Å². The van der Waals surface area contributed by atoms with Crippen LogP contribution in [0, 0.1) is 0 Å². The molecule has 0 aliphatic carbocycles. The van der Waals surface area contributed by atoms with Gasteiger partial charge in [0.2, 0.25) is 0 Å². The molecule has 0 aliphatic rings. The highest BCUT2D eigenvalue weighted by atomic mass is 19.4. The Morgan fingerprint density at radius 3 is 2.15 bits per heavy atom. The molecule has 2 unspecified atom stereocenters. The summed E-state index contributed by atoms with van der Waals surface area (Å²) in [6, 6.07) is -1.54. The third-order valence-electron chi connectivity index (χ3n) is 1.93. The molecule has 0 aliphatic heterocycles. The summed E-state index contributed by atoms with van der Waals surface area (Å²) in [4.78, 5) is 0. The molecule has 80 valence electrons. The first-order chi connectivity index (χ1) is 5.91. The van der Waals surface area contributed by atoms with Gasteiger partial charge in [-0.25, -0.2) is 0 Å². The number of nitrogens with one attached hydrogen (secondary N) is 2. The van der Waals surface area contributed by atoms with E-state index in [1.165, 1.54) is 0 Å². The predicted molar refractivity (Wildman–Crippen MR) is 46.7 cm³/mol. The van der Waals surface area contributed by atoms with Crippen molar-refractivity contribution in [2.45, 2.75) is 38.5 Å². The van der Waals surface area contributed by atoms with Crippen LogP contribution in [0.3, 0.4) is 0 Å². The standard InChI is InChI=1S/C8H17F3N2/c1-4-13-7(8(9,10)11)5-6(2)12-3/h6-7,12-13H,4-5H2,1-3H3. The van der Waals surface area contributed by atoms with Crippen molar-refractivity contribution in [2.24, 2.45) is 0 Å². The van der Waals surface area contributed by atoms with Gasteiger partial charge in [-0.15, -0.1) is 0 Å². The Hall–Kier alpha value is -0.290. The van der Waals surface area contributed by atoms with Crippen molar-refractivity contribution in [3.8, 4) is 0 Å². The molecule has 0 saturated carbocycles. The monoisotopic (exact) mass is 198 g/mol. The van der Waals surface area contributed by atoms with Crippen molar-refractivity contribution in [1.29, 1.82) is 0 Å². The van der Waals surface area contributed by atoms with Crippen molar-refractivity contribution < 1.29 is 13.2 Å². The zero-order valence-corrected chi connectivity index (χ0v) is 8.20. The zero-order chi connectivity index (χ0) is 10.5. The molecule has 0 spiro atoms. The first-order valence-corrected chi connectivity index (χ1v) is 4.39. The second kappa shape index (κ2) is 5.44. The Balaban J connectivity index is 4.10. The number of halogens is 3. The molecule has 0 aromatic rings. The van der Waals surface area contributed by atoms with E-state index in [1.807, 2.05) is 0 Å². The molecule has 0 heterocycles.